The van der Waals surface area contributed by atoms with Gasteiger partial charge >= 0.3 is 0 Å². The van der Waals surface area contributed by atoms with Crippen LogP contribution in [-0.4, -0.2) is 45.5 Å². The minimum absolute atomic E-state index is 0.0252. The molecule has 2 aromatic heterocycles. The number of rotatable bonds is 6. The van der Waals surface area contributed by atoms with E-state index in [1.807, 2.05) is 44.2 Å². The van der Waals surface area contributed by atoms with Crippen LogP contribution >= 0.6 is 0 Å². The van der Waals surface area contributed by atoms with Crippen molar-refractivity contribution < 1.29 is 18.6 Å². The Kier molecular flexibility index (Phi) is 5.91. The Morgan fingerprint density at radius 2 is 1.82 bits per heavy atom. The summed E-state index contributed by atoms with van der Waals surface area (Å²) in [7, 11) is 0. The fourth-order valence-corrected chi connectivity index (χ4v) is 4.67. The molecule has 34 heavy (non-hydrogen) atoms. The third-order valence-electron chi connectivity index (χ3n) is 6.30. The number of aliphatic hydroxyl groups excluding tert-OH is 1. The third kappa shape index (κ3) is 3.88. The van der Waals surface area contributed by atoms with Gasteiger partial charge < -0.3 is 14.7 Å². The van der Waals surface area contributed by atoms with Gasteiger partial charge in [0.1, 0.15) is 11.6 Å². The molecule has 2 aromatic carbocycles. The first-order chi connectivity index (χ1) is 16.5. The summed E-state index contributed by atoms with van der Waals surface area (Å²) in [4.78, 5) is 7.03. The lowest BCUT2D eigenvalue weighted by atomic mass is 10.1. The standard InChI is InChI=1S/C26H26F2N4O2/c1-3-34-20-9-6-17(7-10-20)25-16(2)30-32-23(18-8-11-21(27)22(28)13-18)14-24(29-26(25)32)31-12-4-5-19(31)15-33/h6-11,13-14,19,33H,3-5,12,15H2,1-2H3/t19-/m0/s1. The average Bonchev–Trinajstić information content (AvgIpc) is 3.44. The highest BCUT2D eigenvalue weighted by Gasteiger charge is 2.27. The van der Waals surface area contributed by atoms with Crippen LogP contribution in [0, 0.1) is 18.6 Å². The SMILES string of the molecule is CCOc1ccc(-c2c(C)nn3c(-c4ccc(F)c(F)c4)cc(N4CCC[C@H]4CO)nc23)cc1. The van der Waals surface area contributed by atoms with E-state index in [0.717, 1.165) is 48.0 Å². The average molecular weight is 465 g/mol. The molecule has 6 nitrogen and oxygen atoms in total. The fourth-order valence-electron chi connectivity index (χ4n) is 4.67. The number of aryl methyl sites for hydroxylation is 1. The van der Waals surface area contributed by atoms with Gasteiger partial charge in [-0.05, 0) is 62.6 Å². The number of hydrogen-bond donors (Lipinski definition) is 1. The van der Waals surface area contributed by atoms with Gasteiger partial charge in [0, 0.05) is 23.7 Å². The van der Waals surface area contributed by atoms with E-state index in [1.54, 1.807) is 4.52 Å². The molecule has 1 aliphatic heterocycles. The molecule has 0 saturated carbocycles. The quantitative estimate of drug-likeness (QED) is 0.435. The van der Waals surface area contributed by atoms with Crippen molar-refractivity contribution in [3.8, 4) is 28.1 Å². The summed E-state index contributed by atoms with van der Waals surface area (Å²) < 4.78 is 35.1. The van der Waals surface area contributed by atoms with E-state index >= 15 is 0 Å². The molecule has 1 fully saturated rings. The number of nitrogens with zero attached hydrogens (tertiary/aromatic N) is 4. The van der Waals surface area contributed by atoms with E-state index in [-0.39, 0.29) is 12.6 Å². The summed E-state index contributed by atoms with van der Waals surface area (Å²) in [5, 5.41) is 14.6. The van der Waals surface area contributed by atoms with Crippen LogP contribution in [0.4, 0.5) is 14.6 Å². The van der Waals surface area contributed by atoms with Crippen molar-refractivity contribution in [2.24, 2.45) is 0 Å². The molecule has 176 valence electrons. The van der Waals surface area contributed by atoms with Crippen LogP contribution in [0.25, 0.3) is 28.0 Å². The van der Waals surface area contributed by atoms with Crippen LogP contribution in [0.2, 0.25) is 0 Å². The van der Waals surface area contributed by atoms with Crippen LogP contribution in [-0.2, 0) is 0 Å². The second-order valence-electron chi connectivity index (χ2n) is 8.45. The van der Waals surface area contributed by atoms with E-state index < -0.39 is 11.6 Å². The number of halogens is 2. The third-order valence-corrected chi connectivity index (χ3v) is 6.30. The van der Waals surface area contributed by atoms with Gasteiger partial charge in [-0.25, -0.2) is 18.3 Å². The number of ether oxygens (including phenoxy) is 1. The summed E-state index contributed by atoms with van der Waals surface area (Å²) in [5.74, 6) is -0.370. The van der Waals surface area contributed by atoms with Crippen LogP contribution in [0.5, 0.6) is 5.75 Å². The summed E-state index contributed by atoms with van der Waals surface area (Å²) in [6.07, 6.45) is 1.82. The predicted molar refractivity (Wildman–Crippen MR) is 127 cm³/mol. The van der Waals surface area contributed by atoms with Crippen molar-refractivity contribution in [1.82, 2.24) is 14.6 Å². The van der Waals surface area contributed by atoms with E-state index in [0.29, 0.717) is 29.3 Å². The van der Waals surface area contributed by atoms with Crippen molar-refractivity contribution in [2.75, 3.05) is 24.7 Å². The molecule has 0 unspecified atom stereocenters. The molecule has 0 radical (unpaired) electrons. The summed E-state index contributed by atoms with van der Waals surface area (Å²) >= 11 is 0. The zero-order valence-electron chi connectivity index (χ0n) is 19.1. The molecule has 1 N–H and O–H groups in total. The molecular weight excluding hydrogens is 438 g/mol. The first-order valence-corrected chi connectivity index (χ1v) is 11.5. The van der Waals surface area contributed by atoms with Gasteiger partial charge in [-0.1, -0.05) is 12.1 Å². The summed E-state index contributed by atoms with van der Waals surface area (Å²) in [6, 6.07) is 13.4. The van der Waals surface area contributed by atoms with Crippen LogP contribution in [0.15, 0.2) is 48.5 Å². The Labute approximate surface area is 196 Å². The lowest BCUT2D eigenvalue weighted by molar-refractivity contribution is 0.266. The Morgan fingerprint density at radius 3 is 2.53 bits per heavy atom. The minimum Gasteiger partial charge on any atom is -0.494 e. The monoisotopic (exact) mass is 464 g/mol. The largest absolute Gasteiger partial charge is 0.494 e. The lowest BCUT2D eigenvalue weighted by Gasteiger charge is -2.25. The minimum atomic E-state index is -0.922. The molecule has 0 spiro atoms. The van der Waals surface area contributed by atoms with Gasteiger partial charge in [0.25, 0.3) is 0 Å². The van der Waals surface area contributed by atoms with Gasteiger partial charge in [-0.2, -0.15) is 5.10 Å². The number of fused-ring (bicyclic) bond motifs is 1. The maximum atomic E-state index is 14.2. The van der Waals surface area contributed by atoms with Crippen molar-refractivity contribution in [2.45, 2.75) is 32.7 Å². The molecule has 4 aromatic rings. The summed E-state index contributed by atoms with van der Waals surface area (Å²) in [5.41, 5.74) is 4.25. The van der Waals surface area contributed by atoms with Gasteiger partial charge in [-0.3, -0.25) is 0 Å². The summed E-state index contributed by atoms with van der Waals surface area (Å²) in [6.45, 7) is 5.21. The number of hydrogen-bond acceptors (Lipinski definition) is 5. The second-order valence-corrected chi connectivity index (χ2v) is 8.45. The number of benzene rings is 2. The van der Waals surface area contributed by atoms with Crippen molar-refractivity contribution >= 4 is 11.5 Å². The second kappa shape index (κ2) is 9.02. The molecule has 0 amide bonds. The molecule has 1 atom stereocenters. The maximum absolute atomic E-state index is 14.2. The molecular formula is C26H26F2N4O2. The lowest BCUT2D eigenvalue weighted by Crippen LogP contribution is -2.32. The van der Waals surface area contributed by atoms with Crippen LogP contribution in [0.3, 0.4) is 0 Å². The Bertz CT molecular complexity index is 1340. The zero-order valence-corrected chi connectivity index (χ0v) is 19.1. The normalized spacial score (nSPS) is 15.9. The molecule has 0 bridgehead atoms. The van der Waals surface area contributed by atoms with Gasteiger partial charge in [0.15, 0.2) is 17.3 Å². The molecule has 5 rings (SSSR count). The first kappa shape index (κ1) is 22.3. The molecule has 0 aliphatic carbocycles. The predicted octanol–water partition coefficient (Wildman–Crippen LogP) is 5.01. The van der Waals surface area contributed by atoms with Gasteiger partial charge in [0.05, 0.1) is 30.6 Å². The number of aliphatic hydroxyl groups is 1. The molecule has 1 saturated heterocycles. The highest BCUT2D eigenvalue weighted by molar-refractivity contribution is 5.83. The van der Waals surface area contributed by atoms with Crippen molar-refractivity contribution in [1.29, 1.82) is 0 Å². The van der Waals surface area contributed by atoms with E-state index in [9.17, 15) is 13.9 Å². The highest BCUT2D eigenvalue weighted by atomic mass is 19.2. The van der Waals surface area contributed by atoms with E-state index in [4.69, 9.17) is 14.8 Å². The molecule has 8 heteroatoms. The van der Waals surface area contributed by atoms with Crippen molar-refractivity contribution in [3.05, 3.63) is 65.9 Å². The van der Waals surface area contributed by atoms with Crippen LogP contribution in [0.1, 0.15) is 25.5 Å². The van der Waals surface area contributed by atoms with E-state index in [2.05, 4.69) is 4.90 Å². The zero-order chi connectivity index (χ0) is 23.8. The van der Waals surface area contributed by atoms with Crippen molar-refractivity contribution in [3.63, 3.8) is 0 Å². The maximum Gasteiger partial charge on any atom is 0.166 e. The fraction of sp³-hybridized carbons (Fsp3) is 0.308. The smallest absolute Gasteiger partial charge is 0.166 e. The van der Waals surface area contributed by atoms with Gasteiger partial charge in [-0.15, -0.1) is 0 Å². The number of aromatic nitrogens is 3. The molecule has 1 aliphatic rings. The Balaban J connectivity index is 1.73. The van der Waals surface area contributed by atoms with Gasteiger partial charge in [0.2, 0.25) is 0 Å². The topological polar surface area (TPSA) is 62.9 Å². The van der Waals surface area contributed by atoms with Crippen LogP contribution < -0.4 is 9.64 Å². The Morgan fingerprint density at radius 1 is 1.06 bits per heavy atom. The Hall–Kier alpha value is -3.52. The number of anilines is 1. The highest BCUT2D eigenvalue weighted by Crippen LogP contribution is 2.35. The van der Waals surface area contributed by atoms with E-state index in [1.165, 1.54) is 12.1 Å². The first-order valence-electron chi connectivity index (χ1n) is 11.5. The molecule has 3 heterocycles.